The molecule has 1 aromatic heterocycles. The number of aryl methyl sites for hydroxylation is 1. The van der Waals surface area contributed by atoms with Gasteiger partial charge in [0.15, 0.2) is 0 Å². The molecular weight excluding hydrogens is 286 g/mol. The molecule has 4 heteroatoms. The van der Waals surface area contributed by atoms with Crippen LogP contribution < -0.4 is 4.74 Å². The lowest BCUT2D eigenvalue weighted by atomic mass is 10.1. The smallest absolute Gasteiger partial charge is 0.124 e. The fraction of sp³-hybridized carbons (Fsp3) is 0.526. The van der Waals surface area contributed by atoms with Crippen molar-refractivity contribution in [3.63, 3.8) is 0 Å². The lowest BCUT2D eigenvalue weighted by Gasteiger charge is -2.23. The van der Waals surface area contributed by atoms with Crippen molar-refractivity contribution in [1.82, 2.24) is 14.7 Å². The Morgan fingerprint density at radius 2 is 2.13 bits per heavy atom. The SMILES string of the molecule is CCCCC1CN(Cc2cnn(C)c2C)Cc2ccccc2O1. The standard InChI is InChI=1S/C19H27N3O/c1-4-5-9-18-14-22(13-17-11-20-21(3)15(17)2)12-16-8-6-7-10-19(16)23-18/h6-8,10-11,18H,4-5,9,12-14H2,1-3H3. The lowest BCUT2D eigenvalue weighted by molar-refractivity contribution is 0.133. The largest absolute Gasteiger partial charge is 0.489 e. The van der Waals surface area contributed by atoms with E-state index in [-0.39, 0.29) is 6.10 Å². The van der Waals surface area contributed by atoms with Crippen LogP contribution in [-0.2, 0) is 20.1 Å². The molecule has 0 saturated heterocycles. The highest BCUT2D eigenvalue weighted by Gasteiger charge is 2.23. The van der Waals surface area contributed by atoms with Crippen LogP contribution in [0.4, 0.5) is 0 Å². The van der Waals surface area contributed by atoms with Crippen LogP contribution in [-0.4, -0.2) is 27.3 Å². The van der Waals surface area contributed by atoms with E-state index >= 15 is 0 Å². The quantitative estimate of drug-likeness (QED) is 0.843. The molecular formula is C19H27N3O. The summed E-state index contributed by atoms with van der Waals surface area (Å²) in [6, 6.07) is 8.45. The van der Waals surface area contributed by atoms with Crippen molar-refractivity contribution in [2.45, 2.75) is 52.3 Å². The third-order valence-electron chi connectivity index (χ3n) is 4.73. The molecule has 0 radical (unpaired) electrons. The summed E-state index contributed by atoms with van der Waals surface area (Å²) in [6.07, 6.45) is 5.81. The van der Waals surface area contributed by atoms with Crippen LogP contribution >= 0.6 is 0 Å². The Hall–Kier alpha value is -1.81. The zero-order valence-corrected chi connectivity index (χ0v) is 14.5. The molecule has 0 saturated carbocycles. The molecule has 1 unspecified atom stereocenters. The molecule has 0 bridgehead atoms. The Labute approximate surface area is 139 Å². The Morgan fingerprint density at radius 1 is 1.30 bits per heavy atom. The molecule has 2 heterocycles. The van der Waals surface area contributed by atoms with Crippen molar-refractivity contribution < 1.29 is 4.74 Å². The van der Waals surface area contributed by atoms with E-state index in [1.807, 2.05) is 17.9 Å². The van der Waals surface area contributed by atoms with Gasteiger partial charge in [-0.25, -0.2) is 0 Å². The number of para-hydroxylation sites is 1. The van der Waals surface area contributed by atoms with Gasteiger partial charge in [0.1, 0.15) is 11.9 Å². The fourth-order valence-corrected chi connectivity index (χ4v) is 3.20. The van der Waals surface area contributed by atoms with E-state index in [2.05, 4.69) is 48.1 Å². The molecule has 0 aliphatic carbocycles. The average molecular weight is 313 g/mol. The van der Waals surface area contributed by atoms with Crippen LogP contribution in [0.15, 0.2) is 30.5 Å². The third-order valence-corrected chi connectivity index (χ3v) is 4.73. The molecule has 0 spiro atoms. The Morgan fingerprint density at radius 3 is 2.87 bits per heavy atom. The van der Waals surface area contributed by atoms with Gasteiger partial charge >= 0.3 is 0 Å². The number of benzene rings is 1. The number of hydrogen-bond donors (Lipinski definition) is 0. The third kappa shape index (κ3) is 3.75. The fourth-order valence-electron chi connectivity index (χ4n) is 3.20. The van der Waals surface area contributed by atoms with Gasteiger partial charge < -0.3 is 4.74 Å². The molecule has 1 aliphatic heterocycles. The predicted molar refractivity (Wildman–Crippen MR) is 92.4 cm³/mol. The van der Waals surface area contributed by atoms with Crippen LogP contribution in [0.2, 0.25) is 0 Å². The maximum Gasteiger partial charge on any atom is 0.124 e. The zero-order valence-electron chi connectivity index (χ0n) is 14.5. The summed E-state index contributed by atoms with van der Waals surface area (Å²) in [5, 5.41) is 4.38. The first-order valence-electron chi connectivity index (χ1n) is 8.61. The molecule has 0 amide bonds. The first-order valence-corrected chi connectivity index (χ1v) is 8.61. The Kier molecular flexibility index (Phi) is 5.01. The predicted octanol–water partition coefficient (Wildman–Crippen LogP) is 3.68. The van der Waals surface area contributed by atoms with E-state index in [0.717, 1.165) is 31.8 Å². The minimum absolute atomic E-state index is 0.274. The van der Waals surface area contributed by atoms with Crippen LogP contribution in [0.25, 0.3) is 0 Å². The number of rotatable bonds is 5. The van der Waals surface area contributed by atoms with Gasteiger partial charge in [-0.2, -0.15) is 5.10 Å². The van der Waals surface area contributed by atoms with Crippen LogP contribution in [0.5, 0.6) is 5.75 Å². The van der Waals surface area contributed by atoms with E-state index in [1.165, 1.54) is 29.7 Å². The molecule has 1 aromatic carbocycles. The van der Waals surface area contributed by atoms with E-state index in [9.17, 15) is 0 Å². The van der Waals surface area contributed by atoms with Gasteiger partial charge in [0.2, 0.25) is 0 Å². The second-order valence-electron chi connectivity index (χ2n) is 6.54. The normalized spacial score (nSPS) is 18.3. The highest BCUT2D eigenvalue weighted by Crippen LogP contribution is 2.27. The summed E-state index contributed by atoms with van der Waals surface area (Å²) in [5.41, 5.74) is 3.84. The van der Waals surface area contributed by atoms with Crippen molar-refractivity contribution in [1.29, 1.82) is 0 Å². The van der Waals surface area contributed by atoms with E-state index < -0.39 is 0 Å². The minimum Gasteiger partial charge on any atom is -0.489 e. The number of hydrogen-bond acceptors (Lipinski definition) is 3. The van der Waals surface area contributed by atoms with Crippen LogP contribution in [0, 0.1) is 6.92 Å². The molecule has 4 nitrogen and oxygen atoms in total. The number of ether oxygens (including phenoxy) is 1. The van der Waals surface area contributed by atoms with Gasteiger partial charge in [-0.1, -0.05) is 31.5 Å². The van der Waals surface area contributed by atoms with E-state index in [4.69, 9.17) is 4.74 Å². The highest BCUT2D eigenvalue weighted by atomic mass is 16.5. The molecule has 124 valence electrons. The van der Waals surface area contributed by atoms with Crippen molar-refractivity contribution in [2.75, 3.05) is 6.54 Å². The second-order valence-corrected chi connectivity index (χ2v) is 6.54. The summed E-state index contributed by atoms with van der Waals surface area (Å²) < 4.78 is 8.25. The first kappa shape index (κ1) is 16.1. The summed E-state index contributed by atoms with van der Waals surface area (Å²) in [4.78, 5) is 2.50. The maximum absolute atomic E-state index is 6.30. The van der Waals surface area contributed by atoms with Crippen LogP contribution in [0.1, 0.15) is 43.0 Å². The number of unbranched alkanes of at least 4 members (excludes halogenated alkanes) is 1. The molecule has 2 aromatic rings. The number of nitrogens with zero attached hydrogens (tertiary/aromatic N) is 3. The van der Waals surface area contributed by atoms with Gasteiger partial charge in [0.05, 0.1) is 6.20 Å². The molecule has 3 rings (SSSR count). The Bertz CT molecular complexity index is 650. The van der Waals surface area contributed by atoms with Gasteiger partial charge in [0.25, 0.3) is 0 Å². The average Bonchev–Trinajstić information content (AvgIpc) is 2.77. The van der Waals surface area contributed by atoms with Crippen molar-refractivity contribution in [3.8, 4) is 5.75 Å². The molecule has 1 atom stereocenters. The van der Waals surface area contributed by atoms with Gasteiger partial charge in [-0.05, 0) is 25.8 Å². The van der Waals surface area contributed by atoms with Crippen molar-refractivity contribution in [2.24, 2.45) is 7.05 Å². The molecule has 0 N–H and O–H groups in total. The van der Waals surface area contributed by atoms with Gasteiger partial charge in [0, 0.05) is 43.5 Å². The number of aromatic nitrogens is 2. The van der Waals surface area contributed by atoms with Gasteiger partial charge in [-0.3, -0.25) is 9.58 Å². The monoisotopic (exact) mass is 313 g/mol. The molecule has 1 aliphatic rings. The lowest BCUT2D eigenvalue weighted by Crippen LogP contribution is -2.32. The zero-order chi connectivity index (χ0) is 16.2. The summed E-state index contributed by atoms with van der Waals surface area (Å²) >= 11 is 0. The molecule has 0 fully saturated rings. The van der Waals surface area contributed by atoms with E-state index in [1.54, 1.807) is 0 Å². The highest BCUT2D eigenvalue weighted by molar-refractivity contribution is 5.34. The first-order chi connectivity index (χ1) is 11.2. The summed E-state index contributed by atoms with van der Waals surface area (Å²) in [7, 11) is 2.00. The van der Waals surface area contributed by atoms with Crippen molar-refractivity contribution >= 4 is 0 Å². The number of fused-ring (bicyclic) bond motifs is 1. The van der Waals surface area contributed by atoms with Crippen LogP contribution in [0.3, 0.4) is 0 Å². The summed E-state index contributed by atoms with van der Waals surface area (Å²) in [5.74, 6) is 1.05. The topological polar surface area (TPSA) is 30.3 Å². The second kappa shape index (κ2) is 7.18. The van der Waals surface area contributed by atoms with Gasteiger partial charge in [-0.15, -0.1) is 0 Å². The Balaban J connectivity index is 1.80. The van der Waals surface area contributed by atoms with E-state index in [0.29, 0.717) is 0 Å². The minimum atomic E-state index is 0.274. The molecule has 23 heavy (non-hydrogen) atoms. The summed E-state index contributed by atoms with van der Waals surface area (Å²) in [6.45, 7) is 7.22. The van der Waals surface area contributed by atoms with Crippen molar-refractivity contribution in [3.05, 3.63) is 47.3 Å². The maximum atomic E-state index is 6.30.